The number of hydrogen-bond acceptors (Lipinski definition) is 4. The second-order valence-electron chi connectivity index (χ2n) is 4.52. The van der Waals surface area contributed by atoms with Gasteiger partial charge in [-0.25, -0.2) is 4.98 Å². The molecule has 0 saturated carbocycles. The highest BCUT2D eigenvalue weighted by atomic mass is 32.1. The summed E-state index contributed by atoms with van der Waals surface area (Å²) in [6.07, 6.45) is 3.29. The fourth-order valence-electron chi connectivity index (χ4n) is 2.23. The zero-order chi connectivity index (χ0) is 12.4. The lowest BCUT2D eigenvalue weighted by molar-refractivity contribution is 0.305. The van der Waals surface area contributed by atoms with Crippen LogP contribution in [0.2, 0.25) is 0 Å². The number of rotatable bonds is 3. The molecule has 0 saturated heterocycles. The average molecular weight is 260 g/mol. The van der Waals surface area contributed by atoms with Crippen LogP contribution in [0.5, 0.6) is 5.75 Å². The van der Waals surface area contributed by atoms with Gasteiger partial charge in [0.25, 0.3) is 0 Å². The van der Waals surface area contributed by atoms with Gasteiger partial charge in [0.2, 0.25) is 0 Å². The second-order valence-corrected chi connectivity index (χ2v) is 5.63. The van der Waals surface area contributed by atoms with E-state index >= 15 is 0 Å². The smallest absolute Gasteiger partial charge is 0.140 e. The van der Waals surface area contributed by atoms with Crippen LogP contribution in [0.15, 0.2) is 30.3 Å². The van der Waals surface area contributed by atoms with Crippen molar-refractivity contribution in [3.8, 4) is 5.75 Å². The highest BCUT2D eigenvalue weighted by molar-refractivity contribution is 7.11. The van der Waals surface area contributed by atoms with Crippen molar-refractivity contribution >= 4 is 11.3 Å². The van der Waals surface area contributed by atoms with Gasteiger partial charge >= 0.3 is 0 Å². The molecule has 0 radical (unpaired) electrons. The number of fused-ring (bicyclic) bond motifs is 1. The highest BCUT2D eigenvalue weighted by Gasteiger charge is 2.21. The van der Waals surface area contributed by atoms with E-state index in [4.69, 9.17) is 10.5 Å². The summed E-state index contributed by atoms with van der Waals surface area (Å²) in [5.74, 6) is 0.884. The Kier molecular flexibility index (Phi) is 3.30. The van der Waals surface area contributed by atoms with Crippen molar-refractivity contribution in [2.75, 3.05) is 0 Å². The van der Waals surface area contributed by atoms with Crippen LogP contribution in [-0.4, -0.2) is 4.98 Å². The first-order valence-electron chi connectivity index (χ1n) is 6.25. The lowest BCUT2D eigenvalue weighted by Crippen LogP contribution is -2.15. The number of nitrogens with zero attached hydrogens (tertiary/aromatic N) is 1. The molecule has 94 valence electrons. The van der Waals surface area contributed by atoms with Gasteiger partial charge in [-0.15, -0.1) is 11.3 Å². The third kappa shape index (κ3) is 2.40. The van der Waals surface area contributed by atoms with Gasteiger partial charge in [0, 0.05) is 10.9 Å². The van der Waals surface area contributed by atoms with Crippen LogP contribution >= 0.6 is 11.3 Å². The van der Waals surface area contributed by atoms with E-state index in [0.29, 0.717) is 6.61 Å². The summed E-state index contributed by atoms with van der Waals surface area (Å²) in [7, 11) is 0. The van der Waals surface area contributed by atoms with E-state index in [2.05, 4.69) is 4.98 Å². The molecule has 1 atom stereocenters. The van der Waals surface area contributed by atoms with Crippen molar-refractivity contribution in [1.29, 1.82) is 0 Å². The van der Waals surface area contributed by atoms with Crippen molar-refractivity contribution in [2.45, 2.75) is 31.9 Å². The molecule has 0 bridgehead atoms. The highest BCUT2D eigenvalue weighted by Crippen LogP contribution is 2.32. The van der Waals surface area contributed by atoms with Crippen LogP contribution in [0, 0.1) is 0 Å². The molecular weight excluding hydrogens is 244 g/mol. The molecule has 0 amide bonds. The van der Waals surface area contributed by atoms with Gasteiger partial charge < -0.3 is 10.5 Å². The van der Waals surface area contributed by atoms with Gasteiger partial charge in [0.1, 0.15) is 17.4 Å². The Morgan fingerprint density at radius 2 is 2.17 bits per heavy atom. The van der Waals surface area contributed by atoms with E-state index in [0.717, 1.165) is 30.0 Å². The number of hydrogen-bond donors (Lipinski definition) is 1. The minimum atomic E-state index is 0.178. The second kappa shape index (κ2) is 5.08. The molecule has 1 unspecified atom stereocenters. The predicted octanol–water partition coefficient (Wildman–Crippen LogP) is 3.06. The monoisotopic (exact) mass is 260 g/mol. The van der Waals surface area contributed by atoms with Crippen molar-refractivity contribution in [1.82, 2.24) is 4.98 Å². The average Bonchev–Trinajstić information content (AvgIpc) is 2.82. The van der Waals surface area contributed by atoms with Crippen LogP contribution in [0.25, 0.3) is 0 Å². The van der Waals surface area contributed by atoms with Gasteiger partial charge in [-0.3, -0.25) is 0 Å². The number of aryl methyl sites for hydroxylation is 1. The van der Waals surface area contributed by atoms with E-state index in [9.17, 15) is 0 Å². The standard InChI is InChI=1S/C14H16N2OS/c15-11-7-4-8-12-14(11)18-13(16-12)9-17-10-5-2-1-3-6-10/h1-3,5-6,11H,4,7-9,15H2. The van der Waals surface area contributed by atoms with Crippen molar-refractivity contribution in [3.63, 3.8) is 0 Å². The first-order chi connectivity index (χ1) is 8.83. The third-order valence-corrected chi connectivity index (χ3v) is 4.35. The Morgan fingerprint density at radius 3 is 2.94 bits per heavy atom. The van der Waals surface area contributed by atoms with Crippen LogP contribution in [0.1, 0.15) is 34.5 Å². The molecule has 1 aromatic heterocycles. The van der Waals surface area contributed by atoms with Crippen LogP contribution in [0.4, 0.5) is 0 Å². The molecule has 1 aromatic carbocycles. The Balaban J connectivity index is 1.70. The van der Waals surface area contributed by atoms with Crippen molar-refractivity contribution in [3.05, 3.63) is 45.9 Å². The molecule has 1 aliphatic rings. The zero-order valence-corrected chi connectivity index (χ0v) is 11.0. The molecule has 4 heteroatoms. The molecule has 0 spiro atoms. The minimum absolute atomic E-state index is 0.178. The van der Waals surface area contributed by atoms with Gasteiger partial charge in [0.15, 0.2) is 0 Å². The number of para-hydroxylation sites is 1. The van der Waals surface area contributed by atoms with Crippen molar-refractivity contribution in [2.24, 2.45) is 5.73 Å². The van der Waals surface area contributed by atoms with Gasteiger partial charge in [-0.2, -0.15) is 0 Å². The maximum absolute atomic E-state index is 6.10. The fraction of sp³-hybridized carbons (Fsp3) is 0.357. The summed E-state index contributed by atoms with van der Waals surface area (Å²) in [5, 5.41) is 1.03. The quantitative estimate of drug-likeness (QED) is 0.922. The Morgan fingerprint density at radius 1 is 1.33 bits per heavy atom. The summed E-state index contributed by atoms with van der Waals surface area (Å²) in [5.41, 5.74) is 7.28. The summed E-state index contributed by atoms with van der Waals surface area (Å²) in [4.78, 5) is 5.89. The zero-order valence-electron chi connectivity index (χ0n) is 10.1. The van der Waals surface area contributed by atoms with Crippen LogP contribution in [-0.2, 0) is 13.0 Å². The first kappa shape index (κ1) is 11.7. The van der Waals surface area contributed by atoms with Gasteiger partial charge in [-0.1, -0.05) is 18.2 Å². The maximum atomic E-state index is 6.10. The van der Waals surface area contributed by atoms with E-state index < -0.39 is 0 Å². The van der Waals surface area contributed by atoms with Crippen molar-refractivity contribution < 1.29 is 4.74 Å². The number of ether oxygens (including phenoxy) is 1. The number of nitrogens with two attached hydrogens (primary N) is 1. The third-order valence-electron chi connectivity index (χ3n) is 3.14. The minimum Gasteiger partial charge on any atom is -0.486 e. The summed E-state index contributed by atoms with van der Waals surface area (Å²) in [6.45, 7) is 0.536. The van der Waals surface area contributed by atoms with E-state index in [1.165, 1.54) is 10.6 Å². The summed E-state index contributed by atoms with van der Waals surface area (Å²) in [6, 6.07) is 10.0. The summed E-state index contributed by atoms with van der Waals surface area (Å²) < 4.78 is 5.71. The molecule has 1 heterocycles. The fourth-order valence-corrected chi connectivity index (χ4v) is 3.29. The lowest BCUT2D eigenvalue weighted by Gasteiger charge is -2.15. The normalized spacial score (nSPS) is 18.4. The van der Waals surface area contributed by atoms with Gasteiger partial charge in [0.05, 0.1) is 5.69 Å². The molecule has 1 aliphatic carbocycles. The van der Waals surface area contributed by atoms with E-state index in [1.54, 1.807) is 11.3 Å². The summed E-state index contributed by atoms with van der Waals surface area (Å²) >= 11 is 1.70. The van der Waals surface area contributed by atoms with E-state index in [1.807, 2.05) is 30.3 Å². The maximum Gasteiger partial charge on any atom is 0.140 e. The number of aromatic nitrogens is 1. The molecule has 2 aromatic rings. The topological polar surface area (TPSA) is 48.1 Å². The number of benzene rings is 1. The number of thiazole rings is 1. The predicted molar refractivity (Wildman–Crippen MR) is 72.8 cm³/mol. The SMILES string of the molecule is NC1CCCc2nc(COc3ccccc3)sc21. The Labute approximate surface area is 111 Å². The van der Waals surface area contributed by atoms with Crippen LogP contribution < -0.4 is 10.5 Å². The molecule has 2 N–H and O–H groups in total. The molecule has 3 nitrogen and oxygen atoms in total. The first-order valence-corrected chi connectivity index (χ1v) is 7.06. The Bertz CT molecular complexity index is 524. The van der Waals surface area contributed by atoms with E-state index in [-0.39, 0.29) is 6.04 Å². The molecule has 3 rings (SSSR count). The molecule has 0 aliphatic heterocycles. The Hall–Kier alpha value is -1.39. The molecule has 18 heavy (non-hydrogen) atoms. The van der Waals surface area contributed by atoms with Crippen LogP contribution in [0.3, 0.4) is 0 Å². The largest absolute Gasteiger partial charge is 0.486 e. The molecular formula is C14H16N2OS. The molecule has 0 fully saturated rings. The van der Waals surface area contributed by atoms with Gasteiger partial charge in [-0.05, 0) is 31.4 Å². The lowest BCUT2D eigenvalue weighted by atomic mass is 9.99.